The highest BCUT2D eigenvalue weighted by Crippen LogP contribution is 2.42. The molecular formula is C16H21N3O2. The van der Waals surface area contributed by atoms with E-state index in [1.165, 1.54) is 32.1 Å². The first-order valence-electron chi connectivity index (χ1n) is 7.98. The van der Waals surface area contributed by atoms with Gasteiger partial charge in [-0.1, -0.05) is 25.3 Å². The third kappa shape index (κ3) is 2.29. The van der Waals surface area contributed by atoms with Gasteiger partial charge in [0.15, 0.2) is 5.65 Å². The fourth-order valence-electron chi connectivity index (χ4n) is 3.87. The van der Waals surface area contributed by atoms with Crippen LogP contribution < -0.4 is 5.69 Å². The third-order valence-corrected chi connectivity index (χ3v) is 4.97. The van der Waals surface area contributed by atoms with Crippen molar-refractivity contribution >= 4 is 5.65 Å². The predicted molar refractivity (Wildman–Crippen MR) is 79.4 cm³/mol. The maximum Gasteiger partial charge on any atom is 0.350 e. The molecule has 2 aromatic rings. The number of aromatic nitrogens is 3. The molecule has 2 fully saturated rings. The molecule has 21 heavy (non-hydrogen) atoms. The molecule has 5 heteroatoms. The summed E-state index contributed by atoms with van der Waals surface area (Å²) in [6.45, 7) is 0.572. The van der Waals surface area contributed by atoms with Crippen LogP contribution in [-0.4, -0.2) is 25.9 Å². The van der Waals surface area contributed by atoms with E-state index in [4.69, 9.17) is 4.74 Å². The summed E-state index contributed by atoms with van der Waals surface area (Å²) in [6.07, 6.45) is 10.3. The molecule has 3 heterocycles. The molecule has 0 radical (unpaired) electrons. The lowest BCUT2D eigenvalue weighted by Gasteiger charge is -2.33. The Balaban J connectivity index is 1.53. The second-order valence-corrected chi connectivity index (χ2v) is 6.42. The highest BCUT2D eigenvalue weighted by atomic mass is 16.5. The zero-order valence-corrected chi connectivity index (χ0v) is 12.2. The Hall–Kier alpha value is -1.62. The van der Waals surface area contributed by atoms with E-state index in [9.17, 15) is 4.79 Å². The molecule has 2 aromatic heterocycles. The SMILES string of the molecule is O=c1n(CC2CCC3(CCCCC3)O2)nc2ccccn12. The van der Waals surface area contributed by atoms with Crippen LogP contribution in [-0.2, 0) is 11.3 Å². The van der Waals surface area contributed by atoms with Crippen LogP contribution in [0, 0.1) is 0 Å². The minimum Gasteiger partial charge on any atom is -0.370 e. The van der Waals surface area contributed by atoms with Crippen molar-refractivity contribution in [3.63, 3.8) is 0 Å². The molecule has 112 valence electrons. The highest BCUT2D eigenvalue weighted by molar-refractivity contribution is 5.35. The summed E-state index contributed by atoms with van der Waals surface area (Å²) >= 11 is 0. The second-order valence-electron chi connectivity index (χ2n) is 6.42. The van der Waals surface area contributed by atoms with Crippen LogP contribution in [0.5, 0.6) is 0 Å². The number of pyridine rings is 1. The standard InChI is InChI=1S/C16H21N3O2/c20-15-18-11-5-2-6-14(18)17-19(15)12-13-7-10-16(21-13)8-3-1-4-9-16/h2,5-6,11,13H,1,3-4,7-10,12H2. The lowest BCUT2D eigenvalue weighted by atomic mass is 9.83. The van der Waals surface area contributed by atoms with Gasteiger partial charge in [-0.3, -0.25) is 4.40 Å². The van der Waals surface area contributed by atoms with Crippen molar-refractivity contribution in [3.8, 4) is 0 Å². The van der Waals surface area contributed by atoms with Crippen molar-refractivity contribution in [2.75, 3.05) is 0 Å². The van der Waals surface area contributed by atoms with Crippen molar-refractivity contribution in [2.45, 2.75) is 63.2 Å². The number of nitrogens with zero attached hydrogens (tertiary/aromatic N) is 3. The molecule has 5 nitrogen and oxygen atoms in total. The Morgan fingerprint density at radius 3 is 2.90 bits per heavy atom. The first-order chi connectivity index (χ1) is 10.3. The topological polar surface area (TPSA) is 48.5 Å². The van der Waals surface area contributed by atoms with Gasteiger partial charge in [-0.2, -0.15) is 0 Å². The maximum absolute atomic E-state index is 12.3. The van der Waals surface area contributed by atoms with E-state index in [-0.39, 0.29) is 17.4 Å². The number of ether oxygens (including phenoxy) is 1. The van der Waals surface area contributed by atoms with Crippen LogP contribution in [0.25, 0.3) is 5.65 Å². The summed E-state index contributed by atoms with van der Waals surface area (Å²) in [4.78, 5) is 12.3. The second kappa shape index (κ2) is 4.98. The van der Waals surface area contributed by atoms with Crippen molar-refractivity contribution in [1.29, 1.82) is 0 Å². The van der Waals surface area contributed by atoms with Crippen LogP contribution >= 0.6 is 0 Å². The van der Waals surface area contributed by atoms with Crippen LogP contribution in [0.15, 0.2) is 29.2 Å². The van der Waals surface area contributed by atoms with E-state index < -0.39 is 0 Å². The Kier molecular flexibility index (Phi) is 3.10. The Labute approximate surface area is 123 Å². The lowest BCUT2D eigenvalue weighted by molar-refractivity contribution is -0.0691. The Bertz CT molecular complexity index is 697. The summed E-state index contributed by atoms with van der Waals surface area (Å²) in [5, 5.41) is 4.40. The molecule has 1 saturated carbocycles. The van der Waals surface area contributed by atoms with E-state index in [1.54, 1.807) is 15.3 Å². The van der Waals surface area contributed by atoms with Gasteiger partial charge in [0, 0.05) is 6.20 Å². The molecule has 1 unspecified atom stereocenters. The molecule has 1 atom stereocenters. The van der Waals surface area contributed by atoms with Crippen molar-refractivity contribution in [2.24, 2.45) is 0 Å². The zero-order chi connectivity index (χ0) is 14.3. The van der Waals surface area contributed by atoms with Crippen molar-refractivity contribution < 1.29 is 4.74 Å². The van der Waals surface area contributed by atoms with Gasteiger partial charge in [0.25, 0.3) is 0 Å². The van der Waals surface area contributed by atoms with Gasteiger partial charge < -0.3 is 4.74 Å². The first kappa shape index (κ1) is 13.1. The van der Waals surface area contributed by atoms with Gasteiger partial charge in [0.1, 0.15) is 0 Å². The van der Waals surface area contributed by atoms with Crippen LogP contribution in [0.2, 0.25) is 0 Å². The fourth-order valence-corrected chi connectivity index (χ4v) is 3.87. The molecule has 0 N–H and O–H groups in total. The minimum absolute atomic E-state index is 0.0706. The van der Waals surface area contributed by atoms with E-state index in [2.05, 4.69) is 5.10 Å². The van der Waals surface area contributed by atoms with Gasteiger partial charge in [-0.15, -0.1) is 5.10 Å². The average molecular weight is 287 g/mol. The van der Waals surface area contributed by atoms with Gasteiger partial charge in [-0.25, -0.2) is 9.48 Å². The number of hydrogen-bond donors (Lipinski definition) is 0. The quantitative estimate of drug-likeness (QED) is 0.852. The molecule has 0 amide bonds. The van der Waals surface area contributed by atoms with E-state index in [1.807, 2.05) is 18.2 Å². The molecule has 1 aliphatic carbocycles. The summed E-state index contributed by atoms with van der Waals surface area (Å²) in [7, 11) is 0. The number of rotatable bonds is 2. The lowest BCUT2D eigenvalue weighted by Crippen LogP contribution is -2.34. The largest absolute Gasteiger partial charge is 0.370 e. The smallest absolute Gasteiger partial charge is 0.350 e. The first-order valence-corrected chi connectivity index (χ1v) is 7.98. The minimum atomic E-state index is -0.0706. The zero-order valence-electron chi connectivity index (χ0n) is 12.2. The van der Waals surface area contributed by atoms with Crippen LogP contribution in [0.1, 0.15) is 44.9 Å². The molecule has 0 bridgehead atoms. The monoisotopic (exact) mass is 287 g/mol. The van der Waals surface area contributed by atoms with Crippen LogP contribution in [0.4, 0.5) is 0 Å². The number of hydrogen-bond acceptors (Lipinski definition) is 3. The van der Waals surface area contributed by atoms with E-state index >= 15 is 0 Å². The molecule has 1 aliphatic heterocycles. The van der Waals surface area contributed by atoms with Gasteiger partial charge in [0.05, 0.1) is 18.2 Å². The molecule has 1 spiro atoms. The maximum atomic E-state index is 12.3. The highest BCUT2D eigenvalue weighted by Gasteiger charge is 2.41. The Morgan fingerprint density at radius 1 is 1.24 bits per heavy atom. The Morgan fingerprint density at radius 2 is 2.10 bits per heavy atom. The predicted octanol–water partition coefficient (Wildman–Crippen LogP) is 2.38. The molecule has 2 aliphatic rings. The summed E-state index contributed by atoms with van der Waals surface area (Å²) in [5.41, 5.74) is 0.734. The third-order valence-electron chi connectivity index (χ3n) is 4.97. The van der Waals surface area contributed by atoms with Gasteiger partial charge in [0.2, 0.25) is 0 Å². The fraction of sp³-hybridized carbons (Fsp3) is 0.625. The summed E-state index contributed by atoms with van der Waals surface area (Å²) in [6, 6.07) is 5.61. The van der Waals surface area contributed by atoms with Gasteiger partial charge in [-0.05, 0) is 37.8 Å². The summed E-state index contributed by atoms with van der Waals surface area (Å²) in [5.74, 6) is 0. The van der Waals surface area contributed by atoms with Crippen molar-refractivity contribution in [3.05, 3.63) is 34.9 Å². The molecule has 0 aromatic carbocycles. The average Bonchev–Trinajstić information content (AvgIpc) is 3.03. The summed E-state index contributed by atoms with van der Waals surface area (Å²) < 4.78 is 9.48. The molecule has 1 saturated heterocycles. The number of fused-ring (bicyclic) bond motifs is 1. The van der Waals surface area contributed by atoms with Gasteiger partial charge >= 0.3 is 5.69 Å². The van der Waals surface area contributed by atoms with Crippen LogP contribution in [0.3, 0.4) is 0 Å². The molecular weight excluding hydrogens is 266 g/mol. The van der Waals surface area contributed by atoms with Crippen molar-refractivity contribution in [1.82, 2.24) is 14.2 Å². The van der Waals surface area contributed by atoms with E-state index in [0.29, 0.717) is 12.2 Å². The normalized spacial score (nSPS) is 24.9. The molecule has 4 rings (SSSR count). The van der Waals surface area contributed by atoms with E-state index in [0.717, 1.165) is 12.8 Å².